The van der Waals surface area contributed by atoms with Crippen molar-refractivity contribution < 1.29 is 14.3 Å². The Kier molecular flexibility index (Phi) is 4.15. The van der Waals surface area contributed by atoms with Crippen LogP contribution in [0.1, 0.15) is 41.6 Å². The second kappa shape index (κ2) is 6.72. The summed E-state index contributed by atoms with van der Waals surface area (Å²) in [6.07, 6.45) is 4.70. The van der Waals surface area contributed by atoms with Crippen LogP contribution in [0.3, 0.4) is 0 Å². The summed E-state index contributed by atoms with van der Waals surface area (Å²) in [5, 5.41) is 8.17. The van der Waals surface area contributed by atoms with Crippen LogP contribution in [0.25, 0.3) is 5.78 Å². The van der Waals surface area contributed by atoms with Crippen molar-refractivity contribution in [2.45, 2.75) is 33.1 Å². The molecule has 8 heteroatoms. The lowest BCUT2D eigenvalue weighted by molar-refractivity contribution is 0.0537. The zero-order valence-electron chi connectivity index (χ0n) is 16.6. The smallest absolute Gasteiger partial charge is 0.292 e. The fourth-order valence-electron chi connectivity index (χ4n) is 4.34. The van der Waals surface area contributed by atoms with E-state index in [-0.39, 0.29) is 18.1 Å². The van der Waals surface area contributed by atoms with Crippen molar-refractivity contribution in [1.29, 1.82) is 0 Å². The van der Waals surface area contributed by atoms with Gasteiger partial charge in [0, 0.05) is 25.0 Å². The number of aryl methyl sites for hydroxylation is 1. The van der Waals surface area contributed by atoms with Crippen LogP contribution in [0, 0.1) is 12.3 Å². The van der Waals surface area contributed by atoms with Gasteiger partial charge in [-0.25, -0.2) is 4.98 Å². The number of nitrogens with zero attached hydrogens (tertiary/aromatic N) is 5. The van der Waals surface area contributed by atoms with Crippen molar-refractivity contribution in [3.05, 3.63) is 47.5 Å². The van der Waals surface area contributed by atoms with Gasteiger partial charge in [0.2, 0.25) is 12.6 Å². The maximum Gasteiger partial charge on any atom is 0.292 e. The molecule has 0 saturated carbocycles. The molecule has 0 spiro atoms. The lowest BCUT2D eigenvalue weighted by Gasteiger charge is -2.40. The molecule has 1 saturated heterocycles. The highest BCUT2D eigenvalue weighted by Crippen LogP contribution is 2.37. The molecule has 0 aliphatic carbocycles. The molecule has 1 amide bonds. The van der Waals surface area contributed by atoms with Crippen LogP contribution in [-0.2, 0) is 6.42 Å². The first-order chi connectivity index (χ1) is 14.0. The summed E-state index contributed by atoms with van der Waals surface area (Å²) in [4.78, 5) is 19.4. The van der Waals surface area contributed by atoms with Gasteiger partial charge in [0.1, 0.15) is 0 Å². The van der Waals surface area contributed by atoms with E-state index in [4.69, 9.17) is 9.47 Å². The molecule has 4 heterocycles. The zero-order valence-corrected chi connectivity index (χ0v) is 16.6. The number of hydrogen-bond acceptors (Lipinski definition) is 6. The Morgan fingerprint density at radius 3 is 2.97 bits per heavy atom. The van der Waals surface area contributed by atoms with Gasteiger partial charge in [-0.15, -0.1) is 10.2 Å². The summed E-state index contributed by atoms with van der Waals surface area (Å²) in [6, 6.07) is 7.95. The number of amides is 1. The monoisotopic (exact) mass is 393 g/mol. The van der Waals surface area contributed by atoms with Gasteiger partial charge in [-0.3, -0.25) is 9.20 Å². The highest BCUT2D eigenvalue weighted by atomic mass is 16.7. The average Bonchev–Trinajstić information content (AvgIpc) is 3.33. The Labute approximate surface area is 168 Å². The number of fused-ring (bicyclic) bond motifs is 2. The second-order valence-corrected chi connectivity index (χ2v) is 8.27. The third-order valence-electron chi connectivity index (χ3n) is 5.75. The molecule has 2 aliphatic heterocycles. The number of rotatable bonds is 3. The molecule has 2 aromatic heterocycles. The first-order valence-corrected chi connectivity index (χ1v) is 9.87. The molecule has 8 nitrogen and oxygen atoms in total. The predicted molar refractivity (Wildman–Crippen MR) is 105 cm³/mol. The maximum absolute atomic E-state index is 13.2. The van der Waals surface area contributed by atoms with E-state index in [1.165, 1.54) is 5.56 Å². The number of carbonyl (C=O) groups excluding carboxylic acids is 1. The Bertz CT molecular complexity index is 1100. The summed E-state index contributed by atoms with van der Waals surface area (Å²) < 4.78 is 12.6. The minimum absolute atomic E-state index is 0.0169. The maximum atomic E-state index is 13.2. The van der Waals surface area contributed by atoms with Crippen molar-refractivity contribution in [2.75, 3.05) is 19.9 Å². The summed E-state index contributed by atoms with van der Waals surface area (Å²) in [6.45, 7) is 5.81. The number of ether oxygens (including phenoxy) is 2. The average molecular weight is 393 g/mol. The molecule has 0 bridgehead atoms. The second-order valence-electron chi connectivity index (χ2n) is 8.27. The minimum Gasteiger partial charge on any atom is -0.454 e. The Morgan fingerprint density at radius 1 is 1.21 bits per heavy atom. The summed E-state index contributed by atoms with van der Waals surface area (Å²) in [5.74, 6) is 2.27. The van der Waals surface area contributed by atoms with Crippen molar-refractivity contribution in [3.63, 3.8) is 0 Å². The highest BCUT2D eigenvalue weighted by molar-refractivity contribution is 5.91. The van der Waals surface area contributed by atoms with E-state index >= 15 is 0 Å². The molecule has 1 fully saturated rings. The van der Waals surface area contributed by atoms with Gasteiger partial charge in [-0.05, 0) is 55.4 Å². The SMILES string of the molecule is Cc1ccn2c(C(=O)N3CCCC(C)(Cc4ccc5c(c4)OCO5)C3)nnc2n1. The molecular weight excluding hydrogens is 370 g/mol. The molecule has 1 atom stereocenters. The van der Waals surface area contributed by atoms with Gasteiger partial charge in [0.15, 0.2) is 11.5 Å². The van der Waals surface area contributed by atoms with E-state index in [0.29, 0.717) is 18.1 Å². The van der Waals surface area contributed by atoms with Crippen LogP contribution in [0.15, 0.2) is 30.5 Å². The summed E-state index contributed by atoms with van der Waals surface area (Å²) >= 11 is 0. The minimum atomic E-state index is -0.0974. The number of hydrogen-bond donors (Lipinski definition) is 0. The lowest BCUT2D eigenvalue weighted by atomic mass is 9.77. The number of carbonyl (C=O) groups is 1. The summed E-state index contributed by atoms with van der Waals surface area (Å²) in [7, 11) is 0. The van der Waals surface area contributed by atoms with E-state index in [1.807, 2.05) is 30.0 Å². The first-order valence-electron chi connectivity index (χ1n) is 9.87. The fourth-order valence-corrected chi connectivity index (χ4v) is 4.34. The van der Waals surface area contributed by atoms with Crippen LogP contribution >= 0.6 is 0 Å². The molecule has 0 N–H and O–H groups in total. The predicted octanol–water partition coefficient (Wildman–Crippen LogP) is 2.65. The Balaban J connectivity index is 1.36. The normalized spacial score (nSPS) is 21.0. The highest BCUT2D eigenvalue weighted by Gasteiger charge is 2.35. The van der Waals surface area contributed by atoms with Crippen LogP contribution in [0.4, 0.5) is 0 Å². The van der Waals surface area contributed by atoms with Gasteiger partial charge in [-0.1, -0.05) is 13.0 Å². The number of likely N-dealkylation sites (tertiary alicyclic amines) is 1. The molecular formula is C21H23N5O3. The van der Waals surface area contributed by atoms with E-state index in [2.05, 4.69) is 28.2 Å². The van der Waals surface area contributed by atoms with Crippen LogP contribution in [-0.4, -0.2) is 50.3 Å². The van der Waals surface area contributed by atoms with E-state index in [9.17, 15) is 4.79 Å². The quantitative estimate of drug-likeness (QED) is 0.680. The van der Waals surface area contributed by atoms with E-state index in [0.717, 1.165) is 43.0 Å². The number of aromatic nitrogens is 4. The molecule has 5 rings (SSSR count). The van der Waals surface area contributed by atoms with E-state index < -0.39 is 0 Å². The lowest BCUT2D eigenvalue weighted by Crippen LogP contribution is -2.46. The van der Waals surface area contributed by atoms with Crippen molar-refractivity contribution in [1.82, 2.24) is 24.5 Å². The molecule has 1 aromatic carbocycles. The van der Waals surface area contributed by atoms with Crippen LogP contribution in [0.2, 0.25) is 0 Å². The third-order valence-corrected chi connectivity index (χ3v) is 5.75. The van der Waals surface area contributed by atoms with Crippen molar-refractivity contribution in [3.8, 4) is 11.5 Å². The molecule has 2 aliphatic rings. The zero-order chi connectivity index (χ0) is 20.0. The Hall–Kier alpha value is -3.16. The van der Waals surface area contributed by atoms with Crippen molar-refractivity contribution in [2.24, 2.45) is 5.41 Å². The van der Waals surface area contributed by atoms with Crippen molar-refractivity contribution >= 4 is 11.7 Å². The van der Waals surface area contributed by atoms with Gasteiger partial charge in [-0.2, -0.15) is 0 Å². The fraction of sp³-hybridized carbons (Fsp3) is 0.429. The number of piperidine rings is 1. The molecule has 3 aromatic rings. The third kappa shape index (κ3) is 3.28. The first kappa shape index (κ1) is 17.9. The number of benzene rings is 1. The topological polar surface area (TPSA) is 81.9 Å². The van der Waals surface area contributed by atoms with E-state index in [1.54, 1.807) is 10.6 Å². The largest absolute Gasteiger partial charge is 0.454 e. The van der Waals surface area contributed by atoms with Gasteiger partial charge in [0.05, 0.1) is 0 Å². The molecule has 150 valence electrons. The van der Waals surface area contributed by atoms with Gasteiger partial charge >= 0.3 is 0 Å². The van der Waals surface area contributed by atoms with Gasteiger partial charge in [0.25, 0.3) is 11.7 Å². The molecule has 29 heavy (non-hydrogen) atoms. The Morgan fingerprint density at radius 2 is 2.07 bits per heavy atom. The summed E-state index contributed by atoms with van der Waals surface area (Å²) in [5.41, 5.74) is 2.02. The molecule has 1 unspecified atom stereocenters. The standard InChI is InChI=1S/C21H23N5O3/c1-14-6-9-26-18(23-24-20(26)22-14)19(27)25-8-3-7-21(2,12-25)11-15-4-5-16-17(10-15)29-13-28-16/h4-6,9-10H,3,7-8,11-13H2,1-2H3. The molecule has 0 radical (unpaired) electrons. The van der Waals surface area contributed by atoms with Crippen LogP contribution < -0.4 is 9.47 Å². The van der Waals surface area contributed by atoms with Crippen LogP contribution in [0.5, 0.6) is 11.5 Å². The van der Waals surface area contributed by atoms with Gasteiger partial charge < -0.3 is 14.4 Å².